The summed E-state index contributed by atoms with van der Waals surface area (Å²) >= 11 is 0. The third-order valence-corrected chi connectivity index (χ3v) is 2.73. The zero-order valence-corrected chi connectivity index (χ0v) is 8.61. The van der Waals surface area contributed by atoms with E-state index in [0.29, 0.717) is 6.07 Å². The smallest absolute Gasteiger partial charge is 0.358 e. The van der Waals surface area contributed by atoms with Gasteiger partial charge in [0.25, 0.3) is 5.69 Å². The van der Waals surface area contributed by atoms with Gasteiger partial charge in [-0.3, -0.25) is 14.7 Å². The van der Waals surface area contributed by atoms with E-state index in [9.17, 15) is 24.9 Å². The first kappa shape index (κ1) is 12.6. The van der Waals surface area contributed by atoms with E-state index in [2.05, 4.69) is 0 Å². The van der Waals surface area contributed by atoms with Gasteiger partial charge in [0, 0.05) is 17.7 Å². The standard InChI is InChI=1S/C7H8NO7P/c9-6-2-1-4(8(11)12)3-5(6)7(10)16(13,14)15/h1-3,7,9-10H,(H2,13,14,15). The largest absolute Gasteiger partial charge is 0.508 e. The van der Waals surface area contributed by atoms with E-state index in [1.807, 2.05) is 0 Å². The van der Waals surface area contributed by atoms with Gasteiger partial charge in [-0.2, -0.15) is 0 Å². The molecule has 88 valence electrons. The molecule has 0 saturated carbocycles. The molecular weight excluding hydrogens is 241 g/mol. The fourth-order valence-electron chi connectivity index (χ4n) is 1.04. The molecule has 1 rings (SSSR count). The molecule has 16 heavy (non-hydrogen) atoms. The summed E-state index contributed by atoms with van der Waals surface area (Å²) in [6.07, 6.45) is 0. The molecule has 4 N–H and O–H groups in total. The molecule has 0 aliphatic heterocycles. The second-order valence-electron chi connectivity index (χ2n) is 2.96. The van der Waals surface area contributed by atoms with Crippen molar-refractivity contribution in [3.63, 3.8) is 0 Å². The summed E-state index contributed by atoms with van der Waals surface area (Å²) in [4.78, 5) is 26.9. The summed E-state index contributed by atoms with van der Waals surface area (Å²) in [6.45, 7) is 0. The second-order valence-corrected chi connectivity index (χ2v) is 4.63. The quantitative estimate of drug-likeness (QED) is 0.346. The van der Waals surface area contributed by atoms with Crippen molar-refractivity contribution in [3.8, 4) is 5.75 Å². The highest BCUT2D eigenvalue weighted by atomic mass is 31.2. The van der Waals surface area contributed by atoms with Crippen molar-refractivity contribution in [1.29, 1.82) is 0 Å². The maximum atomic E-state index is 10.7. The number of benzene rings is 1. The van der Waals surface area contributed by atoms with E-state index >= 15 is 0 Å². The highest BCUT2D eigenvalue weighted by molar-refractivity contribution is 7.51. The van der Waals surface area contributed by atoms with Gasteiger partial charge >= 0.3 is 7.60 Å². The lowest BCUT2D eigenvalue weighted by Gasteiger charge is -2.13. The average Bonchev–Trinajstić information content (AvgIpc) is 2.15. The molecular formula is C7H8NO7P. The molecule has 0 fully saturated rings. The van der Waals surface area contributed by atoms with Crippen molar-refractivity contribution in [1.82, 2.24) is 0 Å². The van der Waals surface area contributed by atoms with Gasteiger partial charge < -0.3 is 20.0 Å². The number of phenolic OH excluding ortho intramolecular Hbond substituents is 1. The average molecular weight is 249 g/mol. The molecule has 0 aliphatic carbocycles. The number of rotatable bonds is 3. The molecule has 0 spiro atoms. The number of nitrogens with zero attached hydrogens (tertiary/aromatic N) is 1. The van der Waals surface area contributed by atoms with E-state index < -0.39 is 35.4 Å². The minimum atomic E-state index is -4.88. The Labute approximate surface area is 89.1 Å². The molecule has 0 amide bonds. The monoisotopic (exact) mass is 249 g/mol. The lowest BCUT2D eigenvalue weighted by atomic mass is 10.2. The van der Waals surface area contributed by atoms with E-state index in [4.69, 9.17) is 9.79 Å². The van der Waals surface area contributed by atoms with Gasteiger partial charge in [-0.25, -0.2) is 0 Å². The molecule has 0 radical (unpaired) electrons. The molecule has 1 unspecified atom stereocenters. The number of aliphatic hydroxyl groups is 1. The highest BCUT2D eigenvalue weighted by Gasteiger charge is 2.31. The van der Waals surface area contributed by atoms with Crippen LogP contribution in [-0.4, -0.2) is 24.9 Å². The van der Waals surface area contributed by atoms with Crippen molar-refractivity contribution in [2.45, 2.75) is 5.85 Å². The lowest BCUT2D eigenvalue weighted by molar-refractivity contribution is -0.385. The topological polar surface area (TPSA) is 141 Å². The first-order valence-corrected chi connectivity index (χ1v) is 5.62. The number of aliphatic hydroxyl groups excluding tert-OH is 1. The number of nitro benzene ring substituents is 1. The SMILES string of the molecule is O=[N+]([O-])c1ccc(O)c(C(O)P(=O)(O)O)c1. The summed E-state index contributed by atoms with van der Waals surface area (Å²) < 4.78 is 10.7. The Balaban J connectivity index is 3.27. The van der Waals surface area contributed by atoms with Crippen LogP contribution < -0.4 is 0 Å². The Bertz CT molecular complexity index is 468. The molecule has 8 nitrogen and oxygen atoms in total. The highest BCUT2D eigenvalue weighted by Crippen LogP contribution is 2.52. The number of nitro groups is 1. The number of non-ortho nitro benzene ring substituents is 1. The summed E-state index contributed by atoms with van der Waals surface area (Å²) in [5.74, 6) is -2.91. The zero-order chi connectivity index (χ0) is 12.5. The molecule has 0 aromatic heterocycles. The molecule has 0 saturated heterocycles. The number of phenols is 1. The molecule has 1 aromatic rings. The van der Waals surface area contributed by atoms with Crippen LogP contribution in [0.5, 0.6) is 5.75 Å². The van der Waals surface area contributed by atoms with Crippen LogP contribution >= 0.6 is 7.60 Å². The van der Waals surface area contributed by atoms with Gasteiger partial charge in [-0.05, 0) is 6.07 Å². The Morgan fingerprint density at radius 1 is 1.38 bits per heavy atom. The van der Waals surface area contributed by atoms with Crippen LogP contribution in [0.2, 0.25) is 0 Å². The van der Waals surface area contributed by atoms with Crippen molar-refractivity contribution < 1.29 is 29.5 Å². The van der Waals surface area contributed by atoms with E-state index in [1.165, 1.54) is 0 Å². The van der Waals surface area contributed by atoms with Crippen LogP contribution in [0.3, 0.4) is 0 Å². The summed E-state index contributed by atoms with van der Waals surface area (Å²) in [6, 6.07) is 2.54. The minimum Gasteiger partial charge on any atom is -0.508 e. The van der Waals surface area contributed by atoms with Crippen LogP contribution in [0.15, 0.2) is 18.2 Å². The lowest BCUT2D eigenvalue weighted by Crippen LogP contribution is -2.00. The summed E-state index contributed by atoms with van der Waals surface area (Å²) in [5.41, 5.74) is -1.07. The van der Waals surface area contributed by atoms with Crippen LogP contribution in [-0.2, 0) is 4.57 Å². The van der Waals surface area contributed by atoms with E-state index in [-0.39, 0.29) is 0 Å². The molecule has 9 heteroatoms. The maximum absolute atomic E-state index is 10.7. The predicted octanol–water partition coefficient (Wildman–Crippen LogP) is 0.469. The Morgan fingerprint density at radius 2 is 1.94 bits per heavy atom. The van der Waals surface area contributed by atoms with Gasteiger partial charge in [0.2, 0.25) is 0 Å². The van der Waals surface area contributed by atoms with Crippen LogP contribution in [0.4, 0.5) is 5.69 Å². The number of hydrogen-bond donors (Lipinski definition) is 4. The van der Waals surface area contributed by atoms with E-state index in [0.717, 1.165) is 12.1 Å². The van der Waals surface area contributed by atoms with Crippen molar-refractivity contribution in [2.75, 3.05) is 0 Å². The fraction of sp³-hybridized carbons (Fsp3) is 0.143. The van der Waals surface area contributed by atoms with Crippen molar-refractivity contribution in [3.05, 3.63) is 33.9 Å². The zero-order valence-electron chi connectivity index (χ0n) is 7.72. The van der Waals surface area contributed by atoms with Gasteiger partial charge in [0.05, 0.1) is 4.92 Å². The molecule has 1 atom stereocenters. The van der Waals surface area contributed by atoms with Crippen LogP contribution in [0.25, 0.3) is 0 Å². The molecule has 0 heterocycles. The summed E-state index contributed by atoms with van der Waals surface area (Å²) in [7, 11) is -4.88. The molecule has 0 bridgehead atoms. The van der Waals surface area contributed by atoms with Crippen molar-refractivity contribution >= 4 is 13.3 Å². The van der Waals surface area contributed by atoms with Crippen LogP contribution in [0.1, 0.15) is 11.4 Å². The molecule has 0 aliphatic rings. The van der Waals surface area contributed by atoms with Gasteiger partial charge in [-0.1, -0.05) is 0 Å². The van der Waals surface area contributed by atoms with E-state index in [1.54, 1.807) is 0 Å². The van der Waals surface area contributed by atoms with Crippen molar-refractivity contribution in [2.24, 2.45) is 0 Å². The molecule has 1 aromatic carbocycles. The fourth-order valence-corrected chi connectivity index (χ4v) is 1.61. The summed E-state index contributed by atoms with van der Waals surface area (Å²) in [5, 5.41) is 28.8. The van der Waals surface area contributed by atoms with Gasteiger partial charge in [0.15, 0.2) is 5.85 Å². The third kappa shape index (κ3) is 2.56. The predicted molar refractivity (Wildman–Crippen MR) is 51.8 cm³/mol. The first-order valence-electron chi connectivity index (χ1n) is 3.94. The normalized spacial score (nSPS) is 13.4. The second kappa shape index (κ2) is 4.18. The van der Waals surface area contributed by atoms with Crippen LogP contribution in [0, 0.1) is 10.1 Å². The Kier molecular flexibility index (Phi) is 3.30. The van der Waals surface area contributed by atoms with Gasteiger partial charge in [0.1, 0.15) is 5.75 Å². The number of aromatic hydroxyl groups is 1. The van der Waals surface area contributed by atoms with Gasteiger partial charge in [-0.15, -0.1) is 0 Å². The number of hydrogen-bond acceptors (Lipinski definition) is 5. The third-order valence-electron chi connectivity index (χ3n) is 1.82. The first-order chi connectivity index (χ1) is 7.23. The minimum absolute atomic E-state index is 0.486. The Morgan fingerprint density at radius 3 is 2.38 bits per heavy atom. The Hall–Kier alpha value is -1.47. The maximum Gasteiger partial charge on any atom is 0.358 e.